The zero-order valence-electron chi connectivity index (χ0n) is 14.5. The van der Waals surface area contributed by atoms with Crippen molar-refractivity contribution in [3.05, 3.63) is 29.5 Å². The number of piperidine rings is 1. The first kappa shape index (κ1) is 16.5. The van der Waals surface area contributed by atoms with Crippen molar-refractivity contribution < 1.29 is 4.79 Å². The van der Waals surface area contributed by atoms with Gasteiger partial charge in [-0.1, -0.05) is 0 Å². The summed E-state index contributed by atoms with van der Waals surface area (Å²) in [5, 5.41) is 8.84. The molecule has 7 nitrogen and oxygen atoms in total. The quantitative estimate of drug-likeness (QED) is 0.887. The molecule has 2 saturated heterocycles. The summed E-state index contributed by atoms with van der Waals surface area (Å²) in [7, 11) is 0. The summed E-state index contributed by atoms with van der Waals surface area (Å²) < 4.78 is 1.88. The Labute approximate surface area is 151 Å². The third-order valence-corrected chi connectivity index (χ3v) is 6.19. The summed E-state index contributed by atoms with van der Waals surface area (Å²) in [5.41, 5.74) is -0.533. The van der Waals surface area contributed by atoms with Gasteiger partial charge in [0.2, 0.25) is 0 Å². The Kier molecular flexibility index (Phi) is 4.47. The highest BCUT2D eigenvalue weighted by Gasteiger charge is 2.45. The van der Waals surface area contributed by atoms with Crippen molar-refractivity contribution in [3.8, 4) is 0 Å². The minimum absolute atomic E-state index is 0.215. The van der Waals surface area contributed by atoms with Crippen LogP contribution in [0, 0.1) is 6.92 Å². The van der Waals surface area contributed by atoms with E-state index in [-0.39, 0.29) is 5.91 Å². The molecule has 0 saturated carbocycles. The molecule has 4 rings (SSSR count). The van der Waals surface area contributed by atoms with Gasteiger partial charge in [0.05, 0.1) is 0 Å². The lowest BCUT2D eigenvalue weighted by atomic mass is 9.86. The molecule has 0 aliphatic carbocycles. The lowest BCUT2D eigenvalue weighted by Gasteiger charge is -2.43. The van der Waals surface area contributed by atoms with E-state index in [1.807, 2.05) is 28.0 Å². The van der Waals surface area contributed by atoms with Crippen LogP contribution in [0.3, 0.4) is 0 Å². The lowest BCUT2D eigenvalue weighted by Crippen LogP contribution is -2.59. The summed E-state index contributed by atoms with van der Waals surface area (Å²) in [4.78, 5) is 23.4. The van der Waals surface area contributed by atoms with Crippen LogP contribution >= 0.6 is 11.3 Å². The van der Waals surface area contributed by atoms with Crippen LogP contribution in [0.5, 0.6) is 0 Å². The predicted octanol–water partition coefficient (Wildman–Crippen LogP) is 1.08. The predicted molar refractivity (Wildman–Crippen MR) is 97.9 cm³/mol. The van der Waals surface area contributed by atoms with Crippen LogP contribution < -0.4 is 10.2 Å². The van der Waals surface area contributed by atoms with Crippen molar-refractivity contribution in [1.82, 2.24) is 25.0 Å². The van der Waals surface area contributed by atoms with Gasteiger partial charge in [0.1, 0.15) is 5.54 Å². The molecule has 2 aromatic heterocycles. The molecule has 2 aromatic rings. The minimum Gasteiger partial charge on any atom is -0.345 e. The van der Waals surface area contributed by atoms with Crippen LogP contribution in [0.2, 0.25) is 0 Å². The lowest BCUT2D eigenvalue weighted by molar-refractivity contribution is -0.143. The van der Waals surface area contributed by atoms with Gasteiger partial charge in [-0.3, -0.25) is 9.48 Å². The molecule has 0 unspecified atom stereocenters. The van der Waals surface area contributed by atoms with Crippen molar-refractivity contribution >= 4 is 22.4 Å². The van der Waals surface area contributed by atoms with Crippen LogP contribution in [-0.2, 0) is 10.3 Å². The van der Waals surface area contributed by atoms with Crippen LogP contribution in [0.15, 0.2) is 24.7 Å². The Morgan fingerprint density at radius 2 is 2.00 bits per heavy atom. The van der Waals surface area contributed by atoms with Gasteiger partial charge >= 0.3 is 0 Å². The van der Waals surface area contributed by atoms with E-state index in [1.165, 1.54) is 4.88 Å². The Morgan fingerprint density at radius 1 is 1.24 bits per heavy atom. The fraction of sp³-hybridized carbons (Fsp3) is 0.588. The van der Waals surface area contributed by atoms with Crippen LogP contribution in [0.4, 0.5) is 5.13 Å². The van der Waals surface area contributed by atoms with Crippen molar-refractivity contribution in [3.63, 3.8) is 0 Å². The number of hydrogen-bond acceptors (Lipinski definition) is 6. The monoisotopic (exact) mass is 360 g/mol. The Hall–Kier alpha value is -1.93. The van der Waals surface area contributed by atoms with E-state index in [4.69, 9.17) is 0 Å². The molecule has 0 atom stereocenters. The number of aryl methyl sites for hydroxylation is 1. The Balaban J connectivity index is 1.48. The molecular formula is C17H24N6OS. The fourth-order valence-corrected chi connectivity index (χ4v) is 4.60. The number of piperazine rings is 1. The Morgan fingerprint density at radius 3 is 2.60 bits per heavy atom. The van der Waals surface area contributed by atoms with Crippen LogP contribution in [-0.4, -0.2) is 64.8 Å². The molecule has 4 heterocycles. The number of nitrogens with zero attached hydrogens (tertiary/aromatic N) is 5. The van der Waals surface area contributed by atoms with Gasteiger partial charge in [-0.2, -0.15) is 5.10 Å². The SMILES string of the molecule is Cc1cnc(N2CCN(C(=O)C3(n4cccn4)CCNCC3)CC2)s1. The largest absolute Gasteiger partial charge is 0.345 e. The number of carbonyl (C=O) groups is 1. The van der Waals surface area contributed by atoms with E-state index in [1.54, 1.807) is 17.5 Å². The zero-order chi connectivity index (χ0) is 17.3. The van der Waals surface area contributed by atoms with Crippen molar-refractivity contribution in [2.75, 3.05) is 44.2 Å². The van der Waals surface area contributed by atoms with Crippen molar-refractivity contribution in [1.29, 1.82) is 0 Å². The number of aromatic nitrogens is 3. The summed E-state index contributed by atoms with van der Waals surface area (Å²) in [6, 6.07) is 1.90. The average Bonchev–Trinajstić information content (AvgIpc) is 3.34. The van der Waals surface area contributed by atoms with E-state index in [2.05, 4.69) is 27.2 Å². The molecular weight excluding hydrogens is 336 g/mol. The molecule has 25 heavy (non-hydrogen) atoms. The molecule has 2 aliphatic heterocycles. The summed E-state index contributed by atoms with van der Waals surface area (Å²) in [6.45, 7) is 6.94. The second-order valence-electron chi connectivity index (χ2n) is 6.76. The van der Waals surface area contributed by atoms with Crippen molar-refractivity contribution in [2.24, 2.45) is 0 Å². The summed E-state index contributed by atoms with van der Waals surface area (Å²) >= 11 is 1.72. The molecule has 2 fully saturated rings. The van der Waals surface area contributed by atoms with Gasteiger partial charge in [-0.05, 0) is 38.9 Å². The number of hydrogen-bond donors (Lipinski definition) is 1. The maximum absolute atomic E-state index is 13.4. The summed E-state index contributed by atoms with van der Waals surface area (Å²) in [6.07, 6.45) is 7.19. The van der Waals surface area contributed by atoms with E-state index >= 15 is 0 Å². The topological polar surface area (TPSA) is 66.3 Å². The second kappa shape index (κ2) is 6.76. The van der Waals surface area contributed by atoms with Crippen molar-refractivity contribution in [2.45, 2.75) is 25.3 Å². The van der Waals surface area contributed by atoms with Gasteiger partial charge in [-0.15, -0.1) is 11.3 Å². The maximum Gasteiger partial charge on any atom is 0.250 e. The van der Waals surface area contributed by atoms with E-state index in [0.29, 0.717) is 0 Å². The maximum atomic E-state index is 13.4. The smallest absolute Gasteiger partial charge is 0.250 e. The highest BCUT2D eigenvalue weighted by Crippen LogP contribution is 2.30. The van der Waals surface area contributed by atoms with E-state index in [0.717, 1.165) is 57.2 Å². The molecule has 1 N–H and O–H groups in total. The third-order valence-electron chi connectivity index (χ3n) is 5.22. The second-order valence-corrected chi connectivity index (χ2v) is 7.98. The molecule has 8 heteroatoms. The molecule has 134 valence electrons. The van der Waals surface area contributed by atoms with Crippen LogP contribution in [0.1, 0.15) is 17.7 Å². The van der Waals surface area contributed by atoms with Gasteiger partial charge < -0.3 is 15.1 Å². The molecule has 0 bridgehead atoms. The number of rotatable bonds is 3. The standard InChI is InChI=1S/C17H24N6OS/c1-14-13-19-16(25-14)22-11-9-21(10-12-22)15(24)17(3-6-18-7-4-17)23-8-2-5-20-23/h2,5,8,13,18H,3-4,6-7,9-12H2,1H3. The normalized spacial score (nSPS) is 20.7. The minimum atomic E-state index is -0.533. The molecule has 2 aliphatic rings. The third kappa shape index (κ3) is 3.04. The van der Waals surface area contributed by atoms with Gasteiger partial charge in [0.25, 0.3) is 5.91 Å². The molecule has 1 amide bonds. The molecule has 0 aromatic carbocycles. The highest BCUT2D eigenvalue weighted by atomic mass is 32.1. The van der Waals surface area contributed by atoms with E-state index < -0.39 is 5.54 Å². The molecule has 0 radical (unpaired) electrons. The number of thiazole rings is 1. The summed E-state index contributed by atoms with van der Waals surface area (Å²) in [5.74, 6) is 0.215. The van der Waals surface area contributed by atoms with Gasteiger partial charge in [0.15, 0.2) is 5.13 Å². The molecule has 0 spiro atoms. The zero-order valence-corrected chi connectivity index (χ0v) is 15.3. The Bertz CT molecular complexity index is 713. The van der Waals surface area contributed by atoms with E-state index in [9.17, 15) is 4.79 Å². The fourth-order valence-electron chi connectivity index (χ4n) is 3.79. The number of amides is 1. The number of anilines is 1. The van der Waals surface area contributed by atoms with Gasteiger partial charge in [-0.25, -0.2) is 4.98 Å². The first-order valence-electron chi connectivity index (χ1n) is 8.87. The highest BCUT2D eigenvalue weighted by molar-refractivity contribution is 7.15. The van der Waals surface area contributed by atoms with Crippen LogP contribution in [0.25, 0.3) is 0 Å². The first-order chi connectivity index (χ1) is 12.2. The first-order valence-corrected chi connectivity index (χ1v) is 9.68. The average molecular weight is 360 g/mol. The number of carbonyl (C=O) groups excluding carboxylic acids is 1. The van der Waals surface area contributed by atoms with Gasteiger partial charge in [0, 0.05) is 49.6 Å². The number of nitrogens with one attached hydrogen (secondary N) is 1.